The zero-order valence-corrected chi connectivity index (χ0v) is 12.2. The maximum Gasteiger partial charge on any atom is 0.322 e. The molecule has 1 spiro atoms. The summed E-state index contributed by atoms with van der Waals surface area (Å²) in [5, 5.41) is 5.09. The first-order valence-electron chi connectivity index (χ1n) is 7.62. The van der Waals surface area contributed by atoms with E-state index in [4.69, 9.17) is 0 Å². The quantitative estimate of drug-likeness (QED) is 0.796. The van der Waals surface area contributed by atoms with Crippen molar-refractivity contribution in [1.29, 1.82) is 0 Å². The highest BCUT2D eigenvalue weighted by Crippen LogP contribution is 2.54. The predicted octanol–water partition coefficient (Wildman–Crippen LogP) is 2.71. The van der Waals surface area contributed by atoms with Gasteiger partial charge in [0, 0.05) is 0 Å². The van der Waals surface area contributed by atoms with E-state index in [1.807, 2.05) is 30.3 Å². The number of amides is 3. The fraction of sp³-hybridized carbons (Fsp3) is 0.222. The fourth-order valence-corrected chi connectivity index (χ4v) is 3.79. The summed E-state index contributed by atoms with van der Waals surface area (Å²) < 4.78 is 14.5. The van der Waals surface area contributed by atoms with Gasteiger partial charge in [-0.25, -0.2) is 9.18 Å². The Kier molecular flexibility index (Phi) is 2.11. The van der Waals surface area contributed by atoms with E-state index in [1.54, 1.807) is 12.1 Å². The first-order chi connectivity index (χ1) is 11.0. The lowest BCUT2D eigenvalue weighted by Gasteiger charge is -2.23. The van der Waals surface area contributed by atoms with Crippen LogP contribution in [0, 0.1) is 0 Å². The number of carbonyl (C=O) groups is 2. The van der Waals surface area contributed by atoms with Gasteiger partial charge >= 0.3 is 6.03 Å². The Morgan fingerprint density at radius 3 is 2.39 bits per heavy atom. The normalized spacial score (nSPS) is 25.8. The molecule has 23 heavy (non-hydrogen) atoms. The van der Waals surface area contributed by atoms with Gasteiger partial charge in [-0.05, 0) is 46.7 Å². The lowest BCUT2D eigenvalue weighted by Crippen LogP contribution is -2.43. The third-order valence-corrected chi connectivity index (χ3v) is 5.12. The third-order valence-electron chi connectivity index (χ3n) is 5.12. The summed E-state index contributed by atoms with van der Waals surface area (Å²) >= 11 is 0. The number of urea groups is 1. The average Bonchev–Trinajstić information content (AvgIpc) is 3.14. The second-order valence-electron chi connectivity index (χ2n) is 6.43. The highest BCUT2D eigenvalue weighted by Gasteiger charge is 2.55. The van der Waals surface area contributed by atoms with Crippen molar-refractivity contribution in [2.24, 2.45) is 0 Å². The number of alkyl halides is 1. The van der Waals surface area contributed by atoms with E-state index >= 15 is 0 Å². The van der Waals surface area contributed by atoms with Gasteiger partial charge < -0.3 is 5.32 Å². The van der Waals surface area contributed by atoms with E-state index in [2.05, 4.69) is 10.6 Å². The minimum atomic E-state index is -1.29. The highest BCUT2D eigenvalue weighted by molar-refractivity contribution is 6.13. The zero-order chi connectivity index (χ0) is 15.8. The Labute approximate surface area is 131 Å². The van der Waals surface area contributed by atoms with Crippen molar-refractivity contribution in [2.75, 3.05) is 0 Å². The molecule has 0 bridgehead atoms. The number of nitrogens with one attached hydrogen (secondary N) is 2. The number of halogens is 1. The molecule has 1 saturated carbocycles. The van der Waals surface area contributed by atoms with E-state index in [0.29, 0.717) is 24.0 Å². The van der Waals surface area contributed by atoms with Gasteiger partial charge in [-0.1, -0.05) is 36.4 Å². The van der Waals surface area contributed by atoms with Crippen LogP contribution in [-0.2, 0) is 16.0 Å². The van der Waals surface area contributed by atoms with E-state index in [-0.39, 0.29) is 0 Å². The van der Waals surface area contributed by atoms with Gasteiger partial charge in [-0.2, -0.15) is 0 Å². The molecule has 0 radical (unpaired) electrons. The molecular weight excluding hydrogens is 295 g/mol. The molecule has 3 aliphatic rings. The Morgan fingerprint density at radius 2 is 1.70 bits per heavy atom. The van der Waals surface area contributed by atoms with Crippen molar-refractivity contribution in [3.63, 3.8) is 0 Å². The van der Waals surface area contributed by atoms with Crippen LogP contribution >= 0.6 is 0 Å². The molecule has 5 rings (SSSR count). The summed E-state index contributed by atoms with van der Waals surface area (Å²) in [6.07, 6.45) is 1.01. The second kappa shape index (κ2) is 3.79. The SMILES string of the molecule is O=C1NC(=O)C2(N1)c1ccccc1-c1ccc(C3(F)CC3)cc12. The molecule has 1 aliphatic heterocycles. The number of benzene rings is 2. The molecule has 3 amide bonds. The molecule has 2 fully saturated rings. The maximum atomic E-state index is 14.5. The molecule has 1 saturated heterocycles. The van der Waals surface area contributed by atoms with Crippen LogP contribution in [0.2, 0.25) is 0 Å². The van der Waals surface area contributed by atoms with Crippen molar-refractivity contribution in [3.05, 3.63) is 59.2 Å². The molecule has 4 nitrogen and oxygen atoms in total. The van der Waals surface area contributed by atoms with Crippen LogP contribution in [0.4, 0.5) is 9.18 Å². The van der Waals surface area contributed by atoms with Crippen LogP contribution in [0.1, 0.15) is 29.5 Å². The molecule has 1 atom stereocenters. The molecule has 2 aromatic rings. The number of fused-ring (bicyclic) bond motifs is 5. The fourth-order valence-electron chi connectivity index (χ4n) is 3.79. The summed E-state index contributed by atoms with van der Waals surface area (Å²) in [4.78, 5) is 24.4. The number of hydrogen-bond donors (Lipinski definition) is 2. The van der Waals surface area contributed by atoms with E-state index in [1.165, 1.54) is 0 Å². The topological polar surface area (TPSA) is 58.2 Å². The molecule has 2 aliphatic carbocycles. The van der Waals surface area contributed by atoms with Gasteiger partial charge in [0.1, 0.15) is 5.67 Å². The van der Waals surface area contributed by atoms with Crippen LogP contribution in [-0.4, -0.2) is 11.9 Å². The molecule has 114 valence electrons. The minimum Gasteiger partial charge on any atom is -0.316 e. The molecule has 1 heterocycles. The Hall–Kier alpha value is -2.69. The summed E-state index contributed by atoms with van der Waals surface area (Å²) in [7, 11) is 0. The molecular formula is C18H13FN2O2. The van der Waals surface area contributed by atoms with Crippen molar-refractivity contribution < 1.29 is 14.0 Å². The monoisotopic (exact) mass is 308 g/mol. The Bertz CT molecular complexity index is 904. The second-order valence-corrected chi connectivity index (χ2v) is 6.43. The Balaban J connectivity index is 1.83. The number of carbonyl (C=O) groups excluding carboxylic acids is 2. The van der Waals surface area contributed by atoms with E-state index < -0.39 is 23.1 Å². The zero-order valence-electron chi connectivity index (χ0n) is 12.2. The largest absolute Gasteiger partial charge is 0.322 e. The van der Waals surface area contributed by atoms with Crippen molar-refractivity contribution in [1.82, 2.24) is 10.6 Å². The van der Waals surface area contributed by atoms with Gasteiger partial charge in [0.25, 0.3) is 5.91 Å². The van der Waals surface area contributed by atoms with Gasteiger partial charge in [-0.15, -0.1) is 0 Å². The predicted molar refractivity (Wildman–Crippen MR) is 81.4 cm³/mol. The van der Waals surface area contributed by atoms with Crippen molar-refractivity contribution >= 4 is 11.9 Å². The van der Waals surface area contributed by atoms with Gasteiger partial charge in [0.2, 0.25) is 0 Å². The number of rotatable bonds is 1. The Morgan fingerprint density at radius 1 is 0.957 bits per heavy atom. The van der Waals surface area contributed by atoms with Crippen LogP contribution in [0.5, 0.6) is 0 Å². The van der Waals surface area contributed by atoms with E-state index in [0.717, 1.165) is 16.7 Å². The summed E-state index contributed by atoms with van der Waals surface area (Å²) in [6.45, 7) is 0. The first-order valence-corrected chi connectivity index (χ1v) is 7.62. The molecule has 0 aromatic heterocycles. The van der Waals surface area contributed by atoms with Gasteiger partial charge in [0.15, 0.2) is 5.54 Å². The van der Waals surface area contributed by atoms with Crippen LogP contribution in [0.25, 0.3) is 11.1 Å². The van der Waals surface area contributed by atoms with E-state index in [9.17, 15) is 14.0 Å². The standard InChI is InChI=1S/C18H13FN2O2/c19-17(7-8-17)10-5-6-12-11-3-1-2-4-13(11)18(14(12)9-10)15(22)20-16(23)21-18/h1-6,9H,7-8H2,(H2,20,21,22,23). The lowest BCUT2D eigenvalue weighted by atomic mass is 9.86. The van der Waals surface area contributed by atoms with Crippen molar-refractivity contribution in [2.45, 2.75) is 24.0 Å². The number of imide groups is 1. The first kappa shape index (κ1) is 12.8. The summed E-state index contributed by atoms with van der Waals surface area (Å²) in [5.74, 6) is -0.408. The van der Waals surface area contributed by atoms with Gasteiger partial charge in [-0.3, -0.25) is 10.1 Å². The molecule has 2 N–H and O–H groups in total. The third kappa shape index (κ3) is 1.44. The summed E-state index contributed by atoms with van der Waals surface area (Å²) in [6, 6.07) is 12.3. The maximum absolute atomic E-state index is 14.5. The lowest BCUT2D eigenvalue weighted by molar-refractivity contribution is -0.122. The van der Waals surface area contributed by atoms with Crippen LogP contribution < -0.4 is 10.6 Å². The molecule has 2 aromatic carbocycles. The highest BCUT2D eigenvalue weighted by atomic mass is 19.1. The van der Waals surface area contributed by atoms with Gasteiger partial charge in [0.05, 0.1) is 0 Å². The van der Waals surface area contributed by atoms with Crippen LogP contribution in [0.15, 0.2) is 42.5 Å². The summed E-state index contributed by atoms with van der Waals surface area (Å²) in [5.41, 5.74) is 1.20. The molecule has 5 heteroatoms. The number of hydrogen-bond acceptors (Lipinski definition) is 2. The van der Waals surface area contributed by atoms with Crippen LogP contribution in [0.3, 0.4) is 0 Å². The smallest absolute Gasteiger partial charge is 0.316 e. The average molecular weight is 308 g/mol. The minimum absolute atomic E-state index is 0.408. The van der Waals surface area contributed by atoms with Crippen molar-refractivity contribution in [3.8, 4) is 11.1 Å². The molecule has 1 unspecified atom stereocenters.